The Labute approximate surface area is 87.6 Å². The number of halogens is 1. The summed E-state index contributed by atoms with van der Waals surface area (Å²) >= 11 is 3.45. The van der Waals surface area contributed by atoms with Gasteiger partial charge in [-0.2, -0.15) is 5.26 Å². The Morgan fingerprint density at radius 3 is 3.15 bits per heavy atom. The lowest BCUT2D eigenvalue weighted by molar-refractivity contribution is 0.705. The summed E-state index contributed by atoms with van der Waals surface area (Å²) in [4.78, 5) is 0. The summed E-state index contributed by atoms with van der Waals surface area (Å²) in [5, 5.41) is 9.32. The highest BCUT2D eigenvalue weighted by atomic mass is 79.9. The molecule has 0 radical (unpaired) electrons. The van der Waals surface area contributed by atoms with Gasteiger partial charge in [-0.3, -0.25) is 0 Å². The van der Waals surface area contributed by atoms with Crippen molar-refractivity contribution in [1.82, 2.24) is 0 Å². The summed E-state index contributed by atoms with van der Waals surface area (Å²) in [5.41, 5.74) is 2.54. The van der Waals surface area contributed by atoms with E-state index in [-0.39, 0.29) is 0 Å². The maximum absolute atomic E-state index is 8.39. The Bertz CT molecular complexity index is 305. The maximum Gasteiger partial charge on any atom is 0.0912 e. The molecule has 1 aliphatic rings. The average Bonchev–Trinajstić information content (AvgIpc) is 2.14. The monoisotopic (exact) mass is 237 g/mol. The van der Waals surface area contributed by atoms with Gasteiger partial charge >= 0.3 is 0 Å². The molecule has 0 amide bonds. The first-order chi connectivity index (χ1) is 6.26. The van der Waals surface area contributed by atoms with Crippen LogP contribution in [-0.4, -0.2) is 5.33 Å². The van der Waals surface area contributed by atoms with Crippen LogP contribution in [0.25, 0.3) is 0 Å². The Kier molecular flexibility index (Phi) is 3.98. The van der Waals surface area contributed by atoms with Gasteiger partial charge in [0.15, 0.2) is 0 Å². The minimum absolute atomic E-state index is 0.580. The minimum atomic E-state index is 0.580. The van der Waals surface area contributed by atoms with Gasteiger partial charge in [0.2, 0.25) is 0 Å². The normalized spacial score (nSPS) is 22.4. The van der Waals surface area contributed by atoms with Crippen LogP contribution in [0, 0.1) is 17.2 Å². The highest BCUT2D eigenvalue weighted by Crippen LogP contribution is 2.24. The molecule has 68 valence electrons. The zero-order valence-corrected chi connectivity index (χ0v) is 9.21. The third kappa shape index (κ3) is 3.20. The summed E-state index contributed by atoms with van der Waals surface area (Å²) in [6.45, 7) is 2.19. The van der Waals surface area contributed by atoms with Crippen molar-refractivity contribution in [2.45, 2.75) is 13.3 Å². The fourth-order valence-corrected chi connectivity index (χ4v) is 1.86. The molecule has 1 unspecified atom stereocenters. The molecule has 1 atom stereocenters. The van der Waals surface area contributed by atoms with E-state index in [2.05, 4.69) is 35.0 Å². The van der Waals surface area contributed by atoms with Crippen LogP contribution in [-0.2, 0) is 0 Å². The van der Waals surface area contributed by atoms with Gasteiger partial charge in [-0.15, -0.1) is 0 Å². The molecule has 0 aromatic rings. The van der Waals surface area contributed by atoms with Crippen LogP contribution in [0.1, 0.15) is 13.3 Å². The molecule has 0 saturated carbocycles. The third-order valence-electron chi connectivity index (χ3n) is 1.95. The standard InChI is InChI=1S/C11H12BrN/c1-9-5-10(3-2-4-13)7-11(6-9)8-12/h2-3,5,7,9H,6,8H2,1H3/b3-2+. The quantitative estimate of drug-likeness (QED) is 0.534. The lowest BCUT2D eigenvalue weighted by atomic mass is 9.92. The largest absolute Gasteiger partial charge is 0.193 e. The van der Waals surface area contributed by atoms with Gasteiger partial charge < -0.3 is 0 Å². The lowest BCUT2D eigenvalue weighted by Gasteiger charge is -2.15. The molecule has 0 spiro atoms. The Balaban J connectivity index is 2.79. The fraction of sp³-hybridized carbons (Fsp3) is 0.364. The Morgan fingerprint density at radius 1 is 1.77 bits per heavy atom. The van der Waals surface area contributed by atoms with E-state index < -0.39 is 0 Å². The first kappa shape index (κ1) is 10.3. The highest BCUT2D eigenvalue weighted by Gasteiger charge is 2.08. The van der Waals surface area contributed by atoms with Crippen molar-refractivity contribution in [2.24, 2.45) is 5.92 Å². The number of rotatable bonds is 2. The molecule has 1 nitrogen and oxygen atoms in total. The predicted octanol–water partition coefficient (Wildman–Crippen LogP) is 3.35. The maximum atomic E-state index is 8.39. The molecule has 0 aliphatic heterocycles. The van der Waals surface area contributed by atoms with E-state index in [1.807, 2.05) is 12.1 Å². The summed E-state index contributed by atoms with van der Waals surface area (Å²) in [6, 6.07) is 2.00. The van der Waals surface area contributed by atoms with Crippen molar-refractivity contribution in [1.29, 1.82) is 5.26 Å². The van der Waals surface area contributed by atoms with Crippen LogP contribution in [0.2, 0.25) is 0 Å². The van der Waals surface area contributed by atoms with Crippen molar-refractivity contribution in [3.05, 3.63) is 35.5 Å². The molecule has 13 heavy (non-hydrogen) atoms. The van der Waals surface area contributed by atoms with E-state index in [4.69, 9.17) is 5.26 Å². The van der Waals surface area contributed by atoms with E-state index in [0.29, 0.717) is 5.92 Å². The second-order valence-electron chi connectivity index (χ2n) is 3.25. The number of nitriles is 1. The number of hydrogen-bond donors (Lipinski definition) is 0. The van der Waals surface area contributed by atoms with Crippen LogP contribution in [0.3, 0.4) is 0 Å². The zero-order chi connectivity index (χ0) is 9.68. The van der Waals surface area contributed by atoms with Crippen molar-refractivity contribution >= 4 is 15.9 Å². The summed E-state index contributed by atoms with van der Waals surface area (Å²) in [6.07, 6.45) is 8.84. The van der Waals surface area contributed by atoms with Crippen molar-refractivity contribution in [2.75, 3.05) is 5.33 Å². The van der Waals surface area contributed by atoms with E-state index in [9.17, 15) is 0 Å². The first-order valence-corrected chi connectivity index (χ1v) is 5.42. The van der Waals surface area contributed by atoms with Gasteiger partial charge in [-0.05, 0) is 24.0 Å². The van der Waals surface area contributed by atoms with Gasteiger partial charge in [0.1, 0.15) is 0 Å². The van der Waals surface area contributed by atoms with Crippen LogP contribution in [0.4, 0.5) is 0 Å². The number of alkyl halides is 1. The first-order valence-electron chi connectivity index (χ1n) is 4.29. The lowest BCUT2D eigenvalue weighted by Crippen LogP contribution is -2.01. The number of hydrogen-bond acceptors (Lipinski definition) is 1. The molecular weight excluding hydrogens is 226 g/mol. The third-order valence-corrected chi connectivity index (χ3v) is 2.67. The summed E-state index contributed by atoms with van der Waals surface area (Å²) in [5.74, 6) is 0.580. The van der Waals surface area contributed by atoms with Crippen LogP contribution in [0.15, 0.2) is 35.5 Å². The van der Waals surface area contributed by atoms with E-state index in [1.165, 1.54) is 11.6 Å². The van der Waals surface area contributed by atoms with Gasteiger partial charge in [-0.25, -0.2) is 0 Å². The highest BCUT2D eigenvalue weighted by molar-refractivity contribution is 9.09. The van der Waals surface area contributed by atoms with Crippen LogP contribution in [0.5, 0.6) is 0 Å². The van der Waals surface area contributed by atoms with Gasteiger partial charge in [-0.1, -0.05) is 40.6 Å². The van der Waals surface area contributed by atoms with E-state index in [1.54, 1.807) is 0 Å². The molecule has 0 aromatic carbocycles. The van der Waals surface area contributed by atoms with Gasteiger partial charge in [0.05, 0.1) is 6.07 Å². The zero-order valence-electron chi connectivity index (χ0n) is 7.63. The van der Waals surface area contributed by atoms with E-state index >= 15 is 0 Å². The molecule has 0 saturated heterocycles. The Morgan fingerprint density at radius 2 is 2.54 bits per heavy atom. The predicted molar refractivity (Wildman–Crippen MR) is 58.5 cm³/mol. The van der Waals surface area contributed by atoms with E-state index in [0.717, 1.165) is 17.3 Å². The fourth-order valence-electron chi connectivity index (χ4n) is 1.47. The minimum Gasteiger partial charge on any atom is -0.193 e. The molecular formula is C11H12BrN. The SMILES string of the molecule is CC1C=C(/C=C/C#N)C=C(CBr)C1. The molecule has 0 fully saturated rings. The topological polar surface area (TPSA) is 23.8 Å². The van der Waals surface area contributed by atoms with Crippen molar-refractivity contribution in [3.8, 4) is 6.07 Å². The molecule has 1 rings (SSSR count). The van der Waals surface area contributed by atoms with Crippen LogP contribution < -0.4 is 0 Å². The second kappa shape index (κ2) is 5.04. The second-order valence-corrected chi connectivity index (χ2v) is 3.81. The summed E-state index contributed by atoms with van der Waals surface area (Å²) < 4.78 is 0. The van der Waals surface area contributed by atoms with Crippen molar-refractivity contribution < 1.29 is 0 Å². The molecule has 0 heterocycles. The van der Waals surface area contributed by atoms with Crippen molar-refractivity contribution in [3.63, 3.8) is 0 Å². The average molecular weight is 238 g/mol. The summed E-state index contributed by atoms with van der Waals surface area (Å²) in [7, 11) is 0. The molecule has 0 aromatic heterocycles. The Hall–Kier alpha value is -0.810. The smallest absolute Gasteiger partial charge is 0.0912 e. The van der Waals surface area contributed by atoms with Gasteiger partial charge in [0, 0.05) is 11.4 Å². The number of allylic oxidation sites excluding steroid dienone is 6. The molecule has 2 heteroatoms. The molecule has 1 aliphatic carbocycles. The number of nitrogens with zero attached hydrogens (tertiary/aromatic N) is 1. The molecule has 0 N–H and O–H groups in total. The molecule has 0 bridgehead atoms. The van der Waals surface area contributed by atoms with Crippen LogP contribution >= 0.6 is 15.9 Å². The van der Waals surface area contributed by atoms with Gasteiger partial charge in [0.25, 0.3) is 0 Å².